The molecule has 1 amide bonds. The van der Waals surface area contributed by atoms with E-state index in [0.29, 0.717) is 6.54 Å². The molecule has 3 nitrogen and oxygen atoms in total. The number of nitrogens with zero attached hydrogens (tertiary/aromatic N) is 1. The molecule has 1 saturated heterocycles. The van der Waals surface area contributed by atoms with Crippen LogP contribution in [0.3, 0.4) is 0 Å². The van der Waals surface area contributed by atoms with E-state index in [0.717, 1.165) is 35.7 Å². The van der Waals surface area contributed by atoms with E-state index in [1.165, 1.54) is 10.5 Å². The molecule has 6 heteroatoms. The average Bonchev–Trinajstić information content (AvgIpc) is 3.10. The number of thioether (sulfide) groups is 1. The van der Waals surface area contributed by atoms with Crippen LogP contribution in [0.25, 0.3) is 0 Å². The molecule has 0 bridgehead atoms. The van der Waals surface area contributed by atoms with Gasteiger partial charge in [-0.3, -0.25) is 4.79 Å². The molecule has 1 aliphatic heterocycles. The van der Waals surface area contributed by atoms with Crippen molar-refractivity contribution in [2.24, 2.45) is 5.73 Å². The number of carbonyl (C=O) groups is 1. The molecule has 0 aromatic heterocycles. The Hall–Kier alpha value is -1.20. The van der Waals surface area contributed by atoms with Crippen molar-refractivity contribution in [1.29, 1.82) is 0 Å². The number of nitrogens with two attached hydrogens (primary N) is 1. The number of carbonyl (C=O) groups excluding carboxylic acids is 1. The first kappa shape index (κ1) is 20.1. The summed E-state index contributed by atoms with van der Waals surface area (Å²) in [7, 11) is 0. The van der Waals surface area contributed by atoms with Crippen LogP contribution < -0.4 is 5.73 Å². The van der Waals surface area contributed by atoms with Gasteiger partial charge >= 0.3 is 0 Å². The average molecular weight is 397 g/mol. The van der Waals surface area contributed by atoms with Crippen LogP contribution in [0, 0.1) is 0 Å². The van der Waals surface area contributed by atoms with Gasteiger partial charge in [0.05, 0.1) is 0 Å². The van der Waals surface area contributed by atoms with Crippen LogP contribution in [-0.4, -0.2) is 29.9 Å². The minimum absolute atomic E-state index is 0. The second-order valence-electron chi connectivity index (χ2n) is 5.97. The lowest BCUT2D eigenvalue weighted by Gasteiger charge is -2.23. The Kier molecular flexibility index (Phi) is 7.63. The third-order valence-corrected chi connectivity index (χ3v) is 5.67. The normalized spacial score (nSPS) is 16.6. The summed E-state index contributed by atoms with van der Waals surface area (Å²) in [4.78, 5) is 15.7. The van der Waals surface area contributed by atoms with Crippen molar-refractivity contribution in [2.75, 3.05) is 13.1 Å². The minimum Gasteiger partial charge on any atom is -0.334 e. The van der Waals surface area contributed by atoms with Crippen LogP contribution in [-0.2, 0) is 5.75 Å². The third kappa shape index (κ3) is 5.14. The van der Waals surface area contributed by atoms with E-state index in [1.807, 2.05) is 53.4 Å². The van der Waals surface area contributed by atoms with Gasteiger partial charge in [-0.15, -0.1) is 24.2 Å². The number of likely N-dealkylation sites (tertiary alicyclic amines) is 1. The van der Waals surface area contributed by atoms with Gasteiger partial charge in [0.25, 0.3) is 5.91 Å². The molecular formula is C19H22Cl2N2OS. The molecule has 1 unspecified atom stereocenters. The lowest BCUT2D eigenvalue weighted by atomic mass is 10.1. The molecule has 0 spiro atoms. The molecule has 2 aromatic rings. The van der Waals surface area contributed by atoms with Crippen molar-refractivity contribution in [3.63, 3.8) is 0 Å². The number of benzene rings is 2. The molecule has 2 aromatic carbocycles. The molecule has 1 atom stereocenters. The fourth-order valence-electron chi connectivity index (χ4n) is 2.95. The molecule has 1 aliphatic rings. The summed E-state index contributed by atoms with van der Waals surface area (Å²) >= 11 is 7.65. The first-order valence-corrected chi connectivity index (χ1v) is 9.52. The predicted molar refractivity (Wildman–Crippen MR) is 108 cm³/mol. The summed E-state index contributed by atoms with van der Waals surface area (Å²) in [6.45, 7) is 1.36. The van der Waals surface area contributed by atoms with Crippen LogP contribution in [0.1, 0.15) is 28.8 Å². The van der Waals surface area contributed by atoms with Crippen LogP contribution in [0.4, 0.5) is 0 Å². The maximum atomic E-state index is 12.6. The first-order chi connectivity index (χ1) is 11.7. The molecule has 25 heavy (non-hydrogen) atoms. The number of hydrogen-bond acceptors (Lipinski definition) is 3. The SMILES string of the molecule is Cl.NCC1CCCN1C(=O)c1ccc(CSc2ccc(Cl)cc2)cc1. The zero-order valence-corrected chi connectivity index (χ0v) is 16.2. The van der Waals surface area contributed by atoms with Gasteiger partial charge in [-0.25, -0.2) is 0 Å². The van der Waals surface area contributed by atoms with Crippen LogP contribution in [0.15, 0.2) is 53.4 Å². The molecule has 1 heterocycles. The van der Waals surface area contributed by atoms with Crippen LogP contribution in [0.2, 0.25) is 5.02 Å². The topological polar surface area (TPSA) is 46.3 Å². The number of hydrogen-bond donors (Lipinski definition) is 1. The van der Waals surface area contributed by atoms with E-state index in [-0.39, 0.29) is 24.4 Å². The van der Waals surface area contributed by atoms with Gasteiger partial charge < -0.3 is 10.6 Å². The third-order valence-electron chi connectivity index (χ3n) is 4.33. The van der Waals surface area contributed by atoms with Crippen molar-refractivity contribution in [3.8, 4) is 0 Å². The number of rotatable bonds is 5. The smallest absolute Gasteiger partial charge is 0.254 e. The van der Waals surface area contributed by atoms with Crippen LogP contribution >= 0.6 is 35.8 Å². The summed E-state index contributed by atoms with van der Waals surface area (Å²) < 4.78 is 0. The van der Waals surface area contributed by atoms with Crippen molar-refractivity contribution in [3.05, 3.63) is 64.7 Å². The second-order valence-corrected chi connectivity index (χ2v) is 7.46. The molecule has 2 N–H and O–H groups in total. The quantitative estimate of drug-likeness (QED) is 0.749. The largest absolute Gasteiger partial charge is 0.334 e. The fourth-order valence-corrected chi connectivity index (χ4v) is 3.94. The highest BCUT2D eigenvalue weighted by atomic mass is 35.5. The van der Waals surface area contributed by atoms with Crippen molar-refractivity contribution in [1.82, 2.24) is 4.90 Å². The summed E-state index contributed by atoms with van der Waals surface area (Å²) in [6, 6.07) is 15.9. The summed E-state index contributed by atoms with van der Waals surface area (Å²) in [5.74, 6) is 0.963. The zero-order valence-electron chi connectivity index (χ0n) is 13.9. The Balaban J connectivity index is 0.00000225. The van der Waals surface area contributed by atoms with Gasteiger partial charge in [0, 0.05) is 40.4 Å². The highest BCUT2D eigenvalue weighted by molar-refractivity contribution is 7.98. The summed E-state index contributed by atoms with van der Waals surface area (Å²) in [5.41, 5.74) is 7.71. The Labute approximate surface area is 164 Å². The number of amides is 1. The van der Waals surface area contributed by atoms with Gasteiger partial charge in [-0.05, 0) is 54.8 Å². The monoisotopic (exact) mass is 396 g/mol. The van der Waals surface area contributed by atoms with E-state index in [9.17, 15) is 4.79 Å². The van der Waals surface area contributed by atoms with Crippen molar-refractivity contribution in [2.45, 2.75) is 29.5 Å². The molecule has 134 valence electrons. The van der Waals surface area contributed by atoms with E-state index in [2.05, 4.69) is 0 Å². The van der Waals surface area contributed by atoms with E-state index in [4.69, 9.17) is 17.3 Å². The van der Waals surface area contributed by atoms with E-state index >= 15 is 0 Å². The van der Waals surface area contributed by atoms with E-state index in [1.54, 1.807) is 11.8 Å². The van der Waals surface area contributed by atoms with E-state index < -0.39 is 0 Å². The minimum atomic E-state index is 0. The fraction of sp³-hybridized carbons (Fsp3) is 0.316. The lowest BCUT2D eigenvalue weighted by Crippen LogP contribution is -2.39. The molecule has 0 radical (unpaired) electrons. The van der Waals surface area contributed by atoms with Gasteiger partial charge in [0.2, 0.25) is 0 Å². The Bertz CT molecular complexity index is 692. The highest BCUT2D eigenvalue weighted by Crippen LogP contribution is 2.25. The molecule has 0 saturated carbocycles. The highest BCUT2D eigenvalue weighted by Gasteiger charge is 2.28. The van der Waals surface area contributed by atoms with Gasteiger partial charge in [0.1, 0.15) is 0 Å². The van der Waals surface area contributed by atoms with Gasteiger partial charge in [-0.1, -0.05) is 23.7 Å². The Morgan fingerprint density at radius 3 is 2.48 bits per heavy atom. The molecule has 0 aliphatic carbocycles. The van der Waals surface area contributed by atoms with Gasteiger partial charge in [0.15, 0.2) is 0 Å². The van der Waals surface area contributed by atoms with Crippen LogP contribution in [0.5, 0.6) is 0 Å². The zero-order chi connectivity index (χ0) is 16.9. The first-order valence-electron chi connectivity index (χ1n) is 8.15. The maximum absolute atomic E-state index is 12.6. The van der Waals surface area contributed by atoms with Crippen molar-refractivity contribution < 1.29 is 4.79 Å². The molecule has 3 rings (SSSR count). The second kappa shape index (κ2) is 9.48. The van der Waals surface area contributed by atoms with Gasteiger partial charge in [-0.2, -0.15) is 0 Å². The standard InChI is InChI=1S/C19H21ClN2OS.ClH/c20-16-7-9-18(10-8-16)24-13-14-3-5-15(6-4-14)19(23)22-11-1-2-17(22)12-21;/h3-10,17H,1-2,11-13,21H2;1H. The molecular weight excluding hydrogens is 375 g/mol. The Morgan fingerprint density at radius 1 is 1.16 bits per heavy atom. The summed E-state index contributed by atoms with van der Waals surface area (Å²) in [6.07, 6.45) is 2.06. The lowest BCUT2D eigenvalue weighted by molar-refractivity contribution is 0.0741. The summed E-state index contributed by atoms with van der Waals surface area (Å²) in [5, 5.41) is 0.750. The van der Waals surface area contributed by atoms with Crippen molar-refractivity contribution >= 4 is 41.7 Å². The number of halogens is 2. The Morgan fingerprint density at radius 2 is 1.84 bits per heavy atom. The molecule has 1 fully saturated rings. The predicted octanol–water partition coefficient (Wildman–Crippen LogP) is 4.62. The maximum Gasteiger partial charge on any atom is 0.254 e.